The Labute approximate surface area is 206 Å². The number of halogens is 1. The van der Waals surface area contributed by atoms with E-state index in [0.29, 0.717) is 35.6 Å². The Morgan fingerprint density at radius 2 is 1.71 bits per heavy atom. The summed E-state index contributed by atoms with van der Waals surface area (Å²) in [5.74, 6) is 1.07. The van der Waals surface area contributed by atoms with Crippen LogP contribution in [0.25, 0.3) is 0 Å². The van der Waals surface area contributed by atoms with Crippen molar-refractivity contribution >= 4 is 23.4 Å². The summed E-state index contributed by atoms with van der Waals surface area (Å²) >= 11 is 6.25. The van der Waals surface area contributed by atoms with E-state index in [4.69, 9.17) is 16.3 Å². The average molecular weight is 482 g/mol. The number of hydrogen-bond donors (Lipinski definition) is 1. The van der Waals surface area contributed by atoms with Gasteiger partial charge in [0.15, 0.2) is 0 Å². The lowest BCUT2D eigenvalue weighted by molar-refractivity contribution is -0.125. The third-order valence-corrected chi connectivity index (χ3v) is 7.84. The van der Waals surface area contributed by atoms with Gasteiger partial charge in [0, 0.05) is 39.3 Å². The molecule has 3 fully saturated rings. The molecule has 7 heteroatoms. The maximum Gasteiger partial charge on any atom is 0.255 e. The molecule has 180 valence electrons. The number of nitrogens with zero attached hydrogens (tertiary/aromatic N) is 2. The number of rotatable bonds is 7. The fourth-order valence-corrected chi connectivity index (χ4v) is 5.81. The first-order valence-electron chi connectivity index (χ1n) is 12.3. The Kier molecular flexibility index (Phi) is 7.18. The van der Waals surface area contributed by atoms with Crippen LogP contribution in [0.3, 0.4) is 0 Å². The summed E-state index contributed by atoms with van der Waals surface area (Å²) in [6, 6.07) is 17.5. The zero-order chi connectivity index (χ0) is 23.5. The molecule has 0 saturated carbocycles. The lowest BCUT2D eigenvalue weighted by Gasteiger charge is -2.25. The first-order chi connectivity index (χ1) is 16.6. The van der Waals surface area contributed by atoms with Crippen molar-refractivity contribution in [2.45, 2.75) is 18.9 Å². The molecule has 1 N–H and O–H groups in total. The van der Waals surface area contributed by atoms with Gasteiger partial charge in [-0.05, 0) is 42.4 Å². The number of benzene rings is 2. The number of likely N-dealkylation sites (tertiary alicyclic amines) is 2. The van der Waals surface area contributed by atoms with E-state index in [1.54, 1.807) is 12.1 Å². The molecule has 3 saturated heterocycles. The van der Waals surface area contributed by atoms with Crippen LogP contribution in [0.4, 0.5) is 0 Å². The van der Waals surface area contributed by atoms with Crippen molar-refractivity contribution in [2.75, 3.05) is 45.9 Å². The fourth-order valence-electron chi connectivity index (χ4n) is 5.59. The number of ether oxygens (including phenoxy) is 1. The number of amides is 2. The van der Waals surface area contributed by atoms with Gasteiger partial charge < -0.3 is 19.9 Å². The summed E-state index contributed by atoms with van der Waals surface area (Å²) in [7, 11) is 0. The zero-order valence-corrected chi connectivity index (χ0v) is 20.1. The quantitative estimate of drug-likeness (QED) is 0.656. The van der Waals surface area contributed by atoms with Crippen molar-refractivity contribution in [2.24, 2.45) is 17.8 Å². The van der Waals surface area contributed by atoms with E-state index in [9.17, 15) is 9.59 Å². The van der Waals surface area contributed by atoms with E-state index in [2.05, 4.69) is 22.3 Å². The molecule has 0 spiro atoms. The second-order valence-electron chi connectivity index (χ2n) is 9.79. The summed E-state index contributed by atoms with van der Waals surface area (Å²) in [4.78, 5) is 30.2. The van der Waals surface area contributed by atoms with Crippen molar-refractivity contribution in [3.05, 3.63) is 70.7 Å². The van der Waals surface area contributed by atoms with Crippen molar-refractivity contribution in [3.8, 4) is 0 Å². The van der Waals surface area contributed by atoms with Gasteiger partial charge in [0.25, 0.3) is 5.91 Å². The number of carbonyl (C=O) groups is 2. The summed E-state index contributed by atoms with van der Waals surface area (Å²) < 4.78 is 5.40. The summed E-state index contributed by atoms with van der Waals surface area (Å²) in [6.07, 6.45) is 1.66. The van der Waals surface area contributed by atoms with E-state index in [0.717, 1.165) is 51.1 Å². The van der Waals surface area contributed by atoms with E-state index >= 15 is 0 Å². The first kappa shape index (κ1) is 23.3. The summed E-state index contributed by atoms with van der Waals surface area (Å²) in [6.45, 7) is 5.66. The van der Waals surface area contributed by atoms with Crippen LogP contribution in [-0.2, 0) is 9.53 Å². The normalized spacial score (nSPS) is 25.3. The van der Waals surface area contributed by atoms with Crippen molar-refractivity contribution in [3.63, 3.8) is 0 Å². The lowest BCUT2D eigenvalue weighted by atomic mass is 10.0. The Bertz CT molecular complexity index is 997. The van der Waals surface area contributed by atoms with Gasteiger partial charge in [-0.25, -0.2) is 0 Å². The molecule has 0 bridgehead atoms. The van der Waals surface area contributed by atoms with Gasteiger partial charge in [-0.2, -0.15) is 0 Å². The van der Waals surface area contributed by atoms with Crippen LogP contribution in [0.1, 0.15) is 34.8 Å². The number of carbonyl (C=O) groups excluding carboxylic acids is 2. The monoisotopic (exact) mass is 481 g/mol. The van der Waals surface area contributed by atoms with E-state index in [1.165, 1.54) is 0 Å². The van der Waals surface area contributed by atoms with Crippen molar-refractivity contribution in [1.29, 1.82) is 0 Å². The van der Waals surface area contributed by atoms with Gasteiger partial charge in [0.05, 0.1) is 29.2 Å². The Balaban J connectivity index is 1.16. The van der Waals surface area contributed by atoms with E-state index in [-0.39, 0.29) is 23.8 Å². The third kappa shape index (κ3) is 5.14. The van der Waals surface area contributed by atoms with Gasteiger partial charge in [-0.3, -0.25) is 9.59 Å². The molecule has 5 rings (SSSR count). The lowest BCUT2D eigenvalue weighted by Crippen LogP contribution is -2.37. The molecule has 3 aliphatic heterocycles. The third-order valence-electron chi connectivity index (χ3n) is 7.51. The van der Waals surface area contributed by atoms with Crippen LogP contribution >= 0.6 is 11.6 Å². The van der Waals surface area contributed by atoms with Crippen LogP contribution in [0, 0.1) is 17.8 Å². The fraction of sp³-hybridized carbons (Fsp3) is 0.481. The minimum absolute atomic E-state index is 0.00645. The van der Waals surface area contributed by atoms with Crippen LogP contribution < -0.4 is 5.32 Å². The van der Waals surface area contributed by atoms with Crippen LogP contribution in [-0.4, -0.2) is 67.6 Å². The molecule has 3 heterocycles. The Morgan fingerprint density at radius 3 is 2.38 bits per heavy atom. The maximum atomic E-state index is 12.9. The van der Waals surface area contributed by atoms with Gasteiger partial charge in [0.2, 0.25) is 5.91 Å². The zero-order valence-electron chi connectivity index (χ0n) is 19.4. The molecule has 0 aromatic heterocycles. The highest BCUT2D eigenvalue weighted by Crippen LogP contribution is 2.33. The summed E-state index contributed by atoms with van der Waals surface area (Å²) in [5.41, 5.74) is 1.74. The molecule has 2 aromatic carbocycles. The number of nitrogens with one attached hydrogen (secondary N) is 1. The highest BCUT2D eigenvalue weighted by atomic mass is 35.5. The number of hydrogen-bond acceptors (Lipinski definition) is 4. The van der Waals surface area contributed by atoms with E-state index in [1.807, 2.05) is 35.2 Å². The predicted molar refractivity (Wildman–Crippen MR) is 132 cm³/mol. The molecule has 0 aliphatic carbocycles. The molecule has 34 heavy (non-hydrogen) atoms. The minimum Gasteiger partial charge on any atom is -0.381 e. The number of fused-ring (bicyclic) bond motifs is 1. The maximum absolute atomic E-state index is 12.9. The Hall–Kier alpha value is -2.41. The van der Waals surface area contributed by atoms with Crippen molar-refractivity contribution in [1.82, 2.24) is 15.1 Å². The van der Waals surface area contributed by atoms with E-state index < -0.39 is 0 Å². The molecule has 2 aromatic rings. The molecule has 4 atom stereocenters. The van der Waals surface area contributed by atoms with Gasteiger partial charge in [0.1, 0.15) is 0 Å². The molecular formula is C27H32ClN3O3. The van der Waals surface area contributed by atoms with Crippen molar-refractivity contribution < 1.29 is 14.3 Å². The topological polar surface area (TPSA) is 61.9 Å². The largest absolute Gasteiger partial charge is 0.381 e. The average Bonchev–Trinajstić information content (AvgIpc) is 3.59. The molecule has 6 nitrogen and oxygen atoms in total. The van der Waals surface area contributed by atoms with Crippen LogP contribution in [0.5, 0.6) is 0 Å². The highest BCUT2D eigenvalue weighted by Gasteiger charge is 2.42. The molecular weight excluding hydrogens is 450 g/mol. The second kappa shape index (κ2) is 10.5. The second-order valence-corrected chi connectivity index (χ2v) is 10.2. The smallest absolute Gasteiger partial charge is 0.255 e. The standard InChI is InChI=1S/C27H32ClN3O3/c28-24-9-5-4-8-23(24)27(33)31-16-21-14-30(15-22(21)17-31)12-10-25(19-6-2-1-3-7-19)29-26(32)20-11-13-34-18-20/h1-9,20-22,25H,10-18H2,(H,29,32)/t20?,21-,22?,25?/m0/s1. The molecule has 2 amide bonds. The summed E-state index contributed by atoms with van der Waals surface area (Å²) in [5, 5.41) is 3.80. The molecule has 3 unspecified atom stereocenters. The minimum atomic E-state index is -0.0426. The van der Waals surface area contributed by atoms with Crippen LogP contribution in [0.2, 0.25) is 5.02 Å². The molecule has 3 aliphatic rings. The van der Waals surface area contributed by atoms with Crippen LogP contribution in [0.15, 0.2) is 54.6 Å². The molecule has 0 radical (unpaired) electrons. The predicted octanol–water partition coefficient (Wildman–Crippen LogP) is 3.63. The SMILES string of the molecule is O=C(NC(CCN1CC2CN(C(=O)c3ccccc3Cl)C[C@@H]2C1)c1ccccc1)C1CCOC1. The highest BCUT2D eigenvalue weighted by molar-refractivity contribution is 6.33. The first-order valence-corrected chi connectivity index (χ1v) is 12.7. The Morgan fingerprint density at radius 1 is 1.00 bits per heavy atom. The van der Waals surface area contributed by atoms with Gasteiger partial charge >= 0.3 is 0 Å². The van der Waals surface area contributed by atoms with Gasteiger partial charge in [-0.15, -0.1) is 0 Å². The van der Waals surface area contributed by atoms with Gasteiger partial charge in [-0.1, -0.05) is 54.1 Å².